The zero-order chi connectivity index (χ0) is 36.8. The van der Waals surface area contributed by atoms with Gasteiger partial charge in [0, 0.05) is 37.2 Å². The summed E-state index contributed by atoms with van der Waals surface area (Å²) in [5.74, 6) is 5.01. The lowest BCUT2D eigenvalue weighted by molar-refractivity contribution is 0.317. The van der Waals surface area contributed by atoms with Crippen LogP contribution in [-0.2, 0) is 5.41 Å². The van der Waals surface area contributed by atoms with Crippen molar-refractivity contribution in [3.8, 4) is 67.9 Å². The van der Waals surface area contributed by atoms with Gasteiger partial charge in [-0.3, -0.25) is 0 Å². The van der Waals surface area contributed by atoms with E-state index in [9.17, 15) is 0 Å². The van der Waals surface area contributed by atoms with Crippen LogP contribution in [0.15, 0.2) is 182 Å². The van der Waals surface area contributed by atoms with Gasteiger partial charge in [-0.25, -0.2) is 15.0 Å². The van der Waals surface area contributed by atoms with Crippen molar-refractivity contribution in [1.82, 2.24) is 15.0 Å². The second-order valence-corrected chi connectivity index (χ2v) is 15.3. The number of aromatic nitrogens is 3. The van der Waals surface area contributed by atoms with Gasteiger partial charge >= 0.3 is 0 Å². The van der Waals surface area contributed by atoms with E-state index < -0.39 is 5.41 Å². The minimum absolute atomic E-state index is 0.627. The molecule has 1 spiro atoms. The summed E-state index contributed by atoms with van der Waals surface area (Å²) in [5, 5.41) is 1.18. The smallest absolute Gasteiger partial charge is 0.176 e. The van der Waals surface area contributed by atoms with Crippen LogP contribution in [0.2, 0.25) is 0 Å². The van der Waals surface area contributed by atoms with E-state index in [4.69, 9.17) is 24.4 Å². The van der Waals surface area contributed by atoms with Crippen LogP contribution >= 0.6 is 11.3 Å². The van der Waals surface area contributed by atoms with E-state index in [2.05, 4.69) is 91.0 Å². The number of rotatable bonds is 4. The number of thiophene rings is 1. The minimum Gasteiger partial charge on any atom is -0.452 e. The average molecular weight is 736 g/mol. The van der Waals surface area contributed by atoms with Gasteiger partial charge in [0.05, 0.1) is 0 Å². The first-order valence-corrected chi connectivity index (χ1v) is 19.5. The Morgan fingerprint density at radius 1 is 0.429 bits per heavy atom. The Morgan fingerprint density at radius 3 is 1.77 bits per heavy atom. The lowest BCUT2D eigenvalue weighted by Crippen LogP contribution is -2.30. The van der Waals surface area contributed by atoms with Gasteiger partial charge in [0.1, 0.15) is 5.41 Å². The molecule has 1 unspecified atom stereocenters. The number of allylic oxidation sites excluding steroid dienone is 1. The van der Waals surface area contributed by atoms with Gasteiger partial charge in [-0.1, -0.05) is 146 Å². The van der Waals surface area contributed by atoms with E-state index in [1.807, 2.05) is 96.3 Å². The average Bonchev–Trinajstić information content (AvgIpc) is 3.89. The summed E-state index contributed by atoms with van der Waals surface area (Å²) in [6, 6.07) is 61.0. The van der Waals surface area contributed by atoms with Gasteiger partial charge in [-0.2, -0.15) is 0 Å². The summed E-state index contributed by atoms with van der Waals surface area (Å²) in [5.41, 5.74) is 10.2. The van der Waals surface area contributed by atoms with Crippen LogP contribution in [0, 0.1) is 0 Å². The molecule has 3 aliphatic rings. The van der Waals surface area contributed by atoms with Crippen LogP contribution in [-0.4, -0.2) is 15.0 Å². The summed E-state index contributed by atoms with van der Waals surface area (Å²) in [6.45, 7) is 0. The normalized spacial score (nSPS) is 15.8. The Hall–Kier alpha value is -7.15. The van der Waals surface area contributed by atoms with Crippen molar-refractivity contribution in [2.45, 2.75) is 5.41 Å². The first-order valence-electron chi connectivity index (χ1n) is 18.7. The van der Waals surface area contributed by atoms with E-state index in [-0.39, 0.29) is 0 Å². The Labute approximate surface area is 326 Å². The fourth-order valence-electron chi connectivity index (χ4n) is 8.71. The van der Waals surface area contributed by atoms with Crippen LogP contribution in [0.4, 0.5) is 0 Å². The Morgan fingerprint density at radius 2 is 1.00 bits per heavy atom. The molecular weight excluding hydrogens is 707 g/mol. The third-order valence-corrected chi connectivity index (χ3v) is 12.5. The highest BCUT2D eigenvalue weighted by Crippen LogP contribution is 2.66. The fraction of sp³-hybridized carbons (Fsp3) is 0.0200. The zero-order valence-electron chi connectivity index (χ0n) is 29.8. The first kappa shape index (κ1) is 31.2. The summed E-state index contributed by atoms with van der Waals surface area (Å²) >= 11 is 1.83. The minimum atomic E-state index is -0.666. The molecular formula is C50H29N3O2S. The number of para-hydroxylation sites is 2. The predicted octanol–water partition coefficient (Wildman–Crippen LogP) is 12.2. The molecule has 0 N–H and O–H groups in total. The molecule has 0 fully saturated rings. The molecule has 0 bridgehead atoms. The second-order valence-electron chi connectivity index (χ2n) is 14.3. The monoisotopic (exact) mass is 735 g/mol. The van der Waals surface area contributed by atoms with E-state index in [0.717, 1.165) is 56.4 Å². The topological polar surface area (TPSA) is 57.1 Å². The summed E-state index contributed by atoms with van der Waals surface area (Å²) in [4.78, 5) is 16.2. The second kappa shape index (κ2) is 11.9. The lowest BCUT2D eigenvalue weighted by Gasteiger charge is -2.32. The molecule has 0 saturated carbocycles. The number of hydrogen-bond donors (Lipinski definition) is 0. The molecule has 2 aliphatic carbocycles. The van der Waals surface area contributed by atoms with E-state index in [1.54, 1.807) is 0 Å². The van der Waals surface area contributed by atoms with Crippen LogP contribution < -0.4 is 9.47 Å². The molecule has 0 radical (unpaired) electrons. The standard InChI is InChI=1S/C50H29N3O2S/c1-3-14-30(15-4-1)47-51-48(31-16-5-2-6-17-31)53-49(52-47)34-19-13-18-32(28-34)33-26-27-39-37(29-33)35-20-7-9-22-38(35)50(39)45-44(54-40-23-10-11-24-41(40)55-45)43-36-21-8-12-25-42(36)56-46(43)50/h1-29H. The van der Waals surface area contributed by atoms with Crippen molar-refractivity contribution < 1.29 is 9.47 Å². The summed E-state index contributed by atoms with van der Waals surface area (Å²) < 4.78 is 15.1. The van der Waals surface area contributed by atoms with Gasteiger partial charge in [0.15, 0.2) is 40.5 Å². The molecule has 1 atom stereocenters. The number of hydrogen-bond acceptors (Lipinski definition) is 6. The maximum atomic E-state index is 7.00. The largest absolute Gasteiger partial charge is 0.452 e. The Bertz CT molecular complexity index is 3040. The third kappa shape index (κ3) is 4.45. The molecule has 9 aromatic rings. The van der Waals surface area contributed by atoms with E-state index in [1.165, 1.54) is 37.2 Å². The molecule has 5 nitrogen and oxygen atoms in total. The molecule has 3 heterocycles. The summed E-state index contributed by atoms with van der Waals surface area (Å²) in [6.07, 6.45) is 0. The molecule has 0 saturated heterocycles. The van der Waals surface area contributed by atoms with E-state index in [0.29, 0.717) is 17.5 Å². The molecule has 1 aliphatic heterocycles. The van der Waals surface area contributed by atoms with Crippen LogP contribution in [0.25, 0.3) is 72.3 Å². The van der Waals surface area contributed by atoms with Crippen LogP contribution in [0.5, 0.6) is 11.5 Å². The van der Waals surface area contributed by atoms with Crippen molar-refractivity contribution in [3.05, 3.63) is 203 Å². The summed E-state index contributed by atoms with van der Waals surface area (Å²) in [7, 11) is 0. The van der Waals surface area contributed by atoms with Gasteiger partial charge < -0.3 is 9.47 Å². The van der Waals surface area contributed by atoms with Crippen molar-refractivity contribution >= 4 is 27.2 Å². The number of ether oxygens (including phenoxy) is 2. The predicted molar refractivity (Wildman–Crippen MR) is 223 cm³/mol. The molecule has 2 aromatic heterocycles. The lowest BCUT2D eigenvalue weighted by atomic mass is 9.76. The molecule has 7 aromatic carbocycles. The molecule has 6 heteroatoms. The molecule has 56 heavy (non-hydrogen) atoms. The van der Waals surface area contributed by atoms with Crippen molar-refractivity contribution in [1.29, 1.82) is 0 Å². The highest BCUT2D eigenvalue weighted by atomic mass is 32.1. The van der Waals surface area contributed by atoms with Gasteiger partial charge in [0.25, 0.3) is 0 Å². The molecule has 0 amide bonds. The van der Waals surface area contributed by atoms with Crippen LogP contribution in [0.3, 0.4) is 0 Å². The highest BCUT2D eigenvalue weighted by molar-refractivity contribution is 7.19. The maximum Gasteiger partial charge on any atom is 0.176 e. The maximum absolute atomic E-state index is 7.00. The number of fused-ring (bicyclic) bond motifs is 12. The van der Waals surface area contributed by atoms with Gasteiger partial charge in [-0.05, 0) is 63.7 Å². The van der Waals surface area contributed by atoms with E-state index >= 15 is 0 Å². The quantitative estimate of drug-likeness (QED) is 0.180. The van der Waals surface area contributed by atoms with Crippen molar-refractivity contribution in [2.24, 2.45) is 0 Å². The SMILES string of the molecule is c1ccc(-c2nc(-c3ccccc3)nc(-c3cccc(-c4ccc5c(c4)-c4ccccc4C54C5=C(Oc6ccccc6O5)c5c4sc4ccccc54)c3)n2)cc1. The number of nitrogens with zero attached hydrogens (tertiary/aromatic N) is 3. The van der Waals surface area contributed by atoms with Gasteiger partial charge in [0.2, 0.25) is 0 Å². The number of benzene rings is 7. The highest BCUT2D eigenvalue weighted by Gasteiger charge is 2.58. The molecule has 12 rings (SSSR count). The zero-order valence-corrected chi connectivity index (χ0v) is 30.6. The van der Waals surface area contributed by atoms with Crippen molar-refractivity contribution in [2.75, 3.05) is 0 Å². The Kier molecular flexibility index (Phi) is 6.65. The fourth-order valence-corrected chi connectivity index (χ4v) is 10.1. The van der Waals surface area contributed by atoms with Crippen molar-refractivity contribution in [3.63, 3.8) is 0 Å². The third-order valence-electron chi connectivity index (χ3n) is 11.2. The first-order chi connectivity index (χ1) is 27.7. The van der Waals surface area contributed by atoms with Gasteiger partial charge in [-0.15, -0.1) is 11.3 Å². The Balaban J connectivity index is 1.03. The molecule has 262 valence electrons. The van der Waals surface area contributed by atoms with Crippen LogP contribution in [0.1, 0.15) is 21.6 Å².